The Morgan fingerprint density at radius 1 is 1.23 bits per heavy atom. The number of nitrogens with one attached hydrogen (secondary N) is 1. The number of piperidine rings is 1. The van der Waals surface area contributed by atoms with Gasteiger partial charge < -0.3 is 19.7 Å². The van der Waals surface area contributed by atoms with Gasteiger partial charge in [-0.25, -0.2) is 9.59 Å². The monoisotopic (exact) mass is 369 g/mol. The summed E-state index contributed by atoms with van der Waals surface area (Å²) in [7, 11) is 1.26. The predicted molar refractivity (Wildman–Crippen MR) is 91.2 cm³/mol. The summed E-state index contributed by atoms with van der Waals surface area (Å²) in [6.45, 7) is 7.55. The molecule has 9 nitrogen and oxygen atoms in total. The van der Waals surface area contributed by atoms with Crippen LogP contribution in [0.5, 0.6) is 0 Å². The van der Waals surface area contributed by atoms with Crippen LogP contribution in [0.2, 0.25) is 0 Å². The summed E-state index contributed by atoms with van der Waals surface area (Å²) in [5.41, 5.74) is -1.62. The first-order valence-electron chi connectivity index (χ1n) is 8.69. The molecule has 0 saturated carbocycles. The fraction of sp³-hybridized carbons (Fsp3) is 0.765. The van der Waals surface area contributed by atoms with Gasteiger partial charge >= 0.3 is 18.1 Å². The normalized spacial score (nSPS) is 20.8. The van der Waals surface area contributed by atoms with Crippen molar-refractivity contribution in [2.75, 3.05) is 26.7 Å². The summed E-state index contributed by atoms with van der Waals surface area (Å²) in [4.78, 5) is 51.4. The first-order valence-corrected chi connectivity index (χ1v) is 8.69. The Hall–Kier alpha value is -2.32. The number of hydrogen-bond donors (Lipinski definition) is 1. The molecule has 0 aromatic rings. The molecule has 2 aliphatic heterocycles. The molecule has 0 radical (unpaired) electrons. The number of urea groups is 1. The van der Waals surface area contributed by atoms with E-state index in [1.807, 2.05) is 0 Å². The van der Waals surface area contributed by atoms with E-state index in [2.05, 4.69) is 10.1 Å². The minimum absolute atomic E-state index is 0.0329. The molecular weight excluding hydrogens is 342 g/mol. The standard InChI is InChI=1S/C17H27N3O6/c1-11(12(21)25-5)10-20-13(22)17(18-14(20)23)6-8-19(9-7-17)15(24)26-16(2,3)4/h11H,6-10H2,1-5H3,(H,18,23). The van der Waals surface area contributed by atoms with E-state index in [0.29, 0.717) is 25.9 Å². The number of rotatable bonds is 3. The van der Waals surface area contributed by atoms with Crippen molar-refractivity contribution in [1.82, 2.24) is 15.1 Å². The minimum atomic E-state index is -1.02. The highest BCUT2D eigenvalue weighted by Crippen LogP contribution is 2.30. The first-order chi connectivity index (χ1) is 12.0. The van der Waals surface area contributed by atoms with Crippen LogP contribution < -0.4 is 5.32 Å². The number of amides is 4. The van der Waals surface area contributed by atoms with E-state index in [0.717, 1.165) is 4.90 Å². The first kappa shape index (κ1) is 20.0. The molecule has 1 atom stereocenters. The molecule has 1 spiro atoms. The summed E-state index contributed by atoms with van der Waals surface area (Å²) in [6, 6.07) is -0.517. The zero-order valence-electron chi connectivity index (χ0n) is 16.0. The third-order valence-corrected chi connectivity index (χ3v) is 4.57. The van der Waals surface area contributed by atoms with Gasteiger partial charge in [-0.15, -0.1) is 0 Å². The number of esters is 1. The van der Waals surface area contributed by atoms with Crippen molar-refractivity contribution in [3.63, 3.8) is 0 Å². The van der Waals surface area contributed by atoms with Crippen LogP contribution in [0.4, 0.5) is 9.59 Å². The van der Waals surface area contributed by atoms with Crippen LogP contribution in [0.15, 0.2) is 0 Å². The molecule has 1 N–H and O–H groups in total. The van der Waals surface area contributed by atoms with Gasteiger partial charge in [-0.1, -0.05) is 6.92 Å². The fourth-order valence-corrected chi connectivity index (χ4v) is 3.13. The lowest BCUT2D eigenvalue weighted by Gasteiger charge is -2.37. The second-order valence-electron chi connectivity index (χ2n) is 7.82. The maximum absolute atomic E-state index is 12.8. The lowest BCUT2D eigenvalue weighted by atomic mass is 9.87. The van der Waals surface area contributed by atoms with E-state index in [4.69, 9.17) is 4.74 Å². The smallest absolute Gasteiger partial charge is 0.410 e. The topological polar surface area (TPSA) is 105 Å². The van der Waals surface area contributed by atoms with Crippen LogP contribution in [0, 0.1) is 5.92 Å². The number of imide groups is 1. The molecule has 4 amide bonds. The number of ether oxygens (including phenoxy) is 2. The van der Waals surface area contributed by atoms with Crippen molar-refractivity contribution in [2.45, 2.75) is 51.7 Å². The number of carbonyl (C=O) groups is 4. The van der Waals surface area contributed by atoms with Crippen LogP contribution in [0.1, 0.15) is 40.5 Å². The van der Waals surface area contributed by atoms with Crippen LogP contribution in [0.3, 0.4) is 0 Å². The molecular formula is C17H27N3O6. The van der Waals surface area contributed by atoms with E-state index < -0.39 is 35.2 Å². The summed E-state index contributed by atoms with van der Waals surface area (Å²) in [6.07, 6.45) is 0.181. The molecule has 146 valence electrons. The Bertz CT molecular complexity index is 604. The number of likely N-dealkylation sites (tertiary alicyclic amines) is 1. The largest absolute Gasteiger partial charge is 0.469 e. The van der Waals surface area contributed by atoms with Crippen molar-refractivity contribution in [3.05, 3.63) is 0 Å². The Balaban J connectivity index is 2.00. The van der Waals surface area contributed by atoms with Crippen molar-refractivity contribution in [3.8, 4) is 0 Å². The number of hydrogen-bond acceptors (Lipinski definition) is 6. The summed E-state index contributed by atoms with van der Waals surface area (Å²) < 4.78 is 9.98. The SMILES string of the molecule is COC(=O)C(C)CN1C(=O)NC2(CCN(C(=O)OC(C)(C)C)CC2)C1=O. The summed E-state index contributed by atoms with van der Waals surface area (Å²) >= 11 is 0. The maximum Gasteiger partial charge on any atom is 0.410 e. The lowest BCUT2D eigenvalue weighted by Crippen LogP contribution is -2.56. The molecule has 2 fully saturated rings. The van der Waals surface area contributed by atoms with Crippen molar-refractivity contribution < 1.29 is 28.7 Å². The van der Waals surface area contributed by atoms with E-state index >= 15 is 0 Å². The van der Waals surface area contributed by atoms with Crippen LogP contribution in [-0.4, -0.2) is 71.7 Å². The molecule has 2 saturated heterocycles. The van der Waals surface area contributed by atoms with E-state index in [1.165, 1.54) is 12.0 Å². The van der Waals surface area contributed by atoms with Gasteiger partial charge in [0.2, 0.25) is 0 Å². The van der Waals surface area contributed by atoms with E-state index in [9.17, 15) is 19.2 Å². The zero-order chi connectivity index (χ0) is 19.7. The van der Waals surface area contributed by atoms with E-state index in [1.54, 1.807) is 27.7 Å². The highest BCUT2D eigenvalue weighted by atomic mass is 16.6. The van der Waals surface area contributed by atoms with Crippen molar-refractivity contribution in [2.24, 2.45) is 5.92 Å². The Labute approximate surface area is 153 Å². The third kappa shape index (κ3) is 4.08. The lowest BCUT2D eigenvalue weighted by molar-refractivity contribution is -0.146. The Kier molecular flexibility index (Phi) is 5.48. The summed E-state index contributed by atoms with van der Waals surface area (Å²) in [5.74, 6) is -1.44. The van der Waals surface area contributed by atoms with Gasteiger partial charge in [0, 0.05) is 19.6 Å². The minimum Gasteiger partial charge on any atom is -0.469 e. The van der Waals surface area contributed by atoms with E-state index in [-0.39, 0.29) is 12.5 Å². The van der Waals surface area contributed by atoms with Crippen LogP contribution in [-0.2, 0) is 19.1 Å². The van der Waals surface area contributed by atoms with Crippen molar-refractivity contribution in [1.29, 1.82) is 0 Å². The summed E-state index contributed by atoms with van der Waals surface area (Å²) in [5, 5.41) is 2.75. The molecule has 1 unspecified atom stereocenters. The average Bonchev–Trinajstić information content (AvgIpc) is 2.77. The van der Waals surface area contributed by atoms with Crippen molar-refractivity contribution >= 4 is 24.0 Å². The molecule has 0 aromatic carbocycles. The molecule has 0 bridgehead atoms. The average molecular weight is 369 g/mol. The maximum atomic E-state index is 12.8. The highest BCUT2D eigenvalue weighted by Gasteiger charge is 2.53. The third-order valence-electron chi connectivity index (χ3n) is 4.57. The molecule has 0 aromatic heterocycles. The molecule has 0 aliphatic carbocycles. The Morgan fingerprint density at radius 2 is 1.81 bits per heavy atom. The fourth-order valence-electron chi connectivity index (χ4n) is 3.13. The number of carbonyl (C=O) groups excluding carboxylic acids is 4. The molecule has 2 heterocycles. The number of nitrogens with zero attached hydrogens (tertiary/aromatic N) is 2. The predicted octanol–water partition coefficient (Wildman–Crippen LogP) is 1.12. The zero-order valence-corrected chi connectivity index (χ0v) is 16.0. The van der Waals surface area contributed by atoms with Gasteiger partial charge in [0.15, 0.2) is 0 Å². The molecule has 2 aliphatic rings. The molecule has 2 rings (SSSR count). The van der Waals surface area contributed by atoms with Gasteiger partial charge in [0.05, 0.1) is 13.0 Å². The van der Waals surface area contributed by atoms with Crippen LogP contribution in [0.25, 0.3) is 0 Å². The highest BCUT2D eigenvalue weighted by molar-refractivity contribution is 6.07. The molecule has 9 heteroatoms. The van der Waals surface area contributed by atoms with Gasteiger partial charge in [0.25, 0.3) is 5.91 Å². The van der Waals surface area contributed by atoms with Gasteiger partial charge in [-0.3, -0.25) is 14.5 Å². The number of methoxy groups -OCH3 is 1. The van der Waals surface area contributed by atoms with Gasteiger partial charge in [-0.05, 0) is 33.6 Å². The Morgan fingerprint density at radius 3 is 2.31 bits per heavy atom. The quantitative estimate of drug-likeness (QED) is 0.590. The molecule has 26 heavy (non-hydrogen) atoms. The van der Waals surface area contributed by atoms with Gasteiger partial charge in [-0.2, -0.15) is 0 Å². The van der Waals surface area contributed by atoms with Crippen LogP contribution >= 0.6 is 0 Å². The van der Waals surface area contributed by atoms with Gasteiger partial charge in [0.1, 0.15) is 11.1 Å². The second-order valence-corrected chi connectivity index (χ2v) is 7.82. The second kappa shape index (κ2) is 7.13.